The number of anilines is 1. The van der Waals surface area contributed by atoms with Gasteiger partial charge in [0.2, 0.25) is 0 Å². The van der Waals surface area contributed by atoms with Gasteiger partial charge in [-0.05, 0) is 29.8 Å². The number of alkyl halides is 3. The van der Waals surface area contributed by atoms with Crippen molar-refractivity contribution in [2.24, 2.45) is 0 Å². The van der Waals surface area contributed by atoms with Gasteiger partial charge in [0.15, 0.2) is 0 Å². The monoisotopic (exact) mass is 395 g/mol. The Morgan fingerprint density at radius 2 is 1.93 bits per heavy atom. The average molecular weight is 396 g/mol. The van der Waals surface area contributed by atoms with Crippen molar-refractivity contribution in [3.8, 4) is 6.07 Å². The highest BCUT2D eigenvalue weighted by molar-refractivity contribution is 6.32. The number of halogens is 4. The number of carbonyl (C=O) groups is 1. The lowest BCUT2D eigenvalue weighted by Gasteiger charge is -2.13. The second-order valence-corrected chi connectivity index (χ2v) is 5.54. The molecule has 2 aromatic rings. The number of nitrogens with zero attached hydrogens (tertiary/aromatic N) is 2. The van der Waals surface area contributed by atoms with Gasteiger partial charge in [-0.2, -0.15) is 18.4 Å². The van der Waals surface area contributed by atoms with Crippen molar-refractivity contribution < 1.29 is 22.9 Å². The van der Waals surface area contributed by atoms with E-state index in [0.717, 1.165) is 30.3 Å². The van der Waals surface area contributed by atoms with Crippen LogP contribution >= 0.6 is 11.6 Å². The molecule has 0 aliphatic rings. The maximum absolute atomic E-state index is 13.0. The van der Waals surface area contributed by atoms with Crippen LogP contribution in [0, 0.1) is 21.4 Å². The SMILES string of the molecule is N#C/C(=C/c1ccc(Cl)c([N+](=O)[O-])c1)C(=O)Nc1ccccc1C(F)(F)F. The number of nitro groups is 1. The minimum atomic E-state index is -4.70. The summed E-state index contributed by atoms with van der Waals surface area (Å²) in [4.78, 5) is 22.3. The topological polar surface area (TPSA) is 96.0 Å². The summed E-state index contributed by atoms with van der Waals surface area (Å²) in [6.07, 6.45) is -3.69. The van der Waals surface area contributed by atoms with Gasteiger partial charge in [-0.1, -0.05) is 29.8 Å². The Morgan fingerprint density at radius 1 is 1.26 bits per heavy atom. The van der Waals surface area contributed by atoms with E-state index < -0.39 is 39.5 Å². The number of hydrogen-bond acceptors (Lipinski definition) is 4. The van der Waals surface area contributed by atoms with E-state index in [1.807, 2.05) is 5.32 Å². The summed E-state index contributed by atoms with van der Waals surface area (Å²) in [5, 5.41) is 21.9. The van der Waals surface area contributed by atoms with Crippen LogP contribution in [0.5, 0.6) is 0 Å². The Morgan fingerprint density at radius 3 is 2.52 bits per heavy atom. The molecule has 2 rings (SSSR count). The molecule has 10 heteroatoms. The zero-order valence-corrected chi connectivity index (χ0v) is 14.0. The molecule has 0 unspecified atom stereocenters. The molecule has 0 bridgehead atoms. The molecule has 27 heavy (non-hydrogen) atoms. The Kier molecular flexibility index (Phi) is 5.82. The minimum absolute atomic E-state index is 0.113. The van der Waals surface area contributed by atoms with Crippen molar-refractivity contribution in [2.75, 3.05) is 5.32 Å². The fourth-order valence-electron chi connectivity index (χ4n) is 2.10. The predicted molar refractivity (Wildman–Crippen MR) is 91.8 cm³/mol. The Labute approximate surface area is 155 Å². The lowest BCUT2D eigenvalue weighted by atomic mass is 10.1. The molecule has 0 spiro atoms. The number of hydrogen-bond donors (Lipinski definition) is 1. The second-order valence-electron chi connectivity index (χ2n) is 5.14. The van der Waals surface area contributed by atoms with Crippen LogP contribution in [0.1, 0.15) is 11.1 Å². The molecule has 2 aromatic carbocycles. The number of nitrogens with one attached hydrogen (secondary N) is 1. The van der Waals surface area contributed by atoms with E-state index >= 15 is 0 Å². The van der Waals surface area contributed by atoms with Gasteiger partial charge in [-0.15, -0.1) is 0 Å². The summed E-state index contributed by atoms with van der Waals surface area (Å²) in [6, 6.07) is 9.41. The van der Waals surface area contributed by atoms with Crippen LogP contribution in [-0.2, 0) is 11.0 Å². The van der Waals surface area contributed by atoms with E-state index in [0.29, 0.717) is 0 Å². The zero-order chi connectivity index (χ0) is 20.2. The Balaban J connectivity index is 2.36. The van der Waals surface area contributed by atoms with E-state index in [9.17, 15) is 28.1 Å². The van der Waals surface area contributed by atoms with Crippen molar-refractivity contribution >= 4 is 35.0 Å². The summed E-state index contributed by atoms with van der Waals surface area (Å²) in [5.41, 5.74) is -2.45. The van der Waals surface area contributed by atoms with Gasteiger partial charge in [0.1, 0.15) is 16.7 Å². The van der Waals surface area contributed by atoms with Crippen molar-refractivity contribution in [2.45, 2.75) is 6.18 Å². The summed E-state index contributed by atoms with van der Waals surface area (Å²) in [6.45, 7) is 0. The van der Waals surface area contributed by atoms with Crippen molar-refractivity contribution in [3.05, 3.63) is 74.3 Å². The first-order chi connectivity index (χ1) is 12.6. The van der Waals surface area contributed by atoms with Gasteiger partial charge in [0.25, 0.3) is 11.6 Å². The van der Waals surface area contributed by atoms with Gasteiger partial charge in [0.05, 0.1) is 16.2 Å². The van der Waals surface area contributed by atoms with Crippen LogP contribution in [0.4, 0.5) is 24.5 Å². The molecular weight excluding hydrogens is 387 g/mol. The van der Waals surface area contributed by atoms with Gasteiger partial charge >= 0.3 is 6.18 Å². The van der Waals surface area contributed by atoms with Crippen molar-refractivity contribution in [1.29, 1.82) is 5.26 Å². The molecule has 0 saturated heterocycles. The van der Waals surface area contributed by atoms with Crippen molar-refractivity contribution in [3.63, 3.8) is 0 Å². The third kappa shape index (κ3) is 4.83. The van der Waals surface area contributed by atoms with Crippen LogP contribution in [0.15, 0.2) is 48.0 Å². The normalized spacial score (nSPS) is 11.6. The molecule has 0 saturated carbocycles. The standard InChI is InChI=1S/C17H9ClF3N3O3/c18-13-6-5-10(8-15(13)24(26)27)7-11(9-22)16(25)23-14-4-2-1-3-12(14)17(19,20)21/h1-8H,(H,23,25)/b11-7-. The van der Waals surface area contributed by atoms with E-state index in [4.69, 9.17) is 16.9 Å². The molecule has 0 aliphatic carbocycles. The maximum atomic E-state index is 13.0. The highest BCUT2D eigenvalue weighted by Crippen LogP contribution is 2.34. The number of carbonyl (C=O) groups excluding carboxylic acids is 1. The average Bonchev–Trinajstić information content (AvgIpc) is 2.60. The van der Waals surface area contributed by atoms with Crippen LogP contribution in [-0.4, -0.2) is 10.8 Å². The van der Waals surface area contributed by atoms with Gasteiger partial charge < -0.3 is 5.32 Å². The van der Waals surface area contributed by atoms with Crippen LogP contribution in [0.2, 0.25) is 5.02 Å². The fraction of sp³-hybridized carbons (Fsp3) is 0.0588. The number of benzene rings is 2. The molecule has 0 aliphatic heterocycles. The van der Waals surface area contributed by atoms with Gasteiger partial charge in [-0.25, -0.2) is 0 Å². The summed E-state index contributed by atoms with van der Waals surface area (Å²) in [7, 11) is 0. The van der Waals surface area contributed by atoms with E-state index in [-0.39, 0.29) is 10.6 Å². The van der Waals surface area contributed by atoms with E-state index in [1.165, 1.54) is 18.2 Å². The summed E-state index contributed by atoms with van der Waals surface area (Å²) < 4.78 is 38.9. The highest BCUT2D eigenvalue weighted by atomic mass is 35.5. The first-order valence-electron chi connectivity index (χ1n) is 7.17. The number of amides is 1. The third-order valence-electron chi connectivity index (χ3n) is 3.32. The predicted octanol–water partition coefficient (Wildman–Crippen LogP) is 4.81. The Hall–Kier alpha value is -3.38. The molecule has 0 aromatic heterocycles. The Bertz CT molecular complexity index is 981. The quantitative estimate of drug-likeness (QED) is 0.347. The smallest absolute Gasteiger partial charge is 0.321 e. The second kappa shape index (κ2) is 7.88. The lowest BCUT2D eigenvalue weighted by molar-refractivity contribution is -0.384. The van der Waals surface area contributed by atoms with Gasteiger partial charge in [0, 0.05) is 6.07 Å². The molecular formula is C17H9ClF3N3O3. The number of nitriles is 1. The molecule has 138 valence electrons. The number of rotatable bonds is 4. The van der Waals surface area contributed by atoms with Crippen LogP contribution in [0.25, 0.3) is 6.08 Å². The summed E-state index contributed by atoms with van der Waals surface area (Å²) in [5.74, 6) is -1.09. The molecule has 1 amide bonds. The molecule has 0 heterocycles. The minimum Gasteiger partial charge on any atom is -0.321 e. The molecule has 0 atom stereocenters. The first kappa shape index (κ1) is 19.9. The molecule has 1 N–H and O–H groups in total. The molecule has 0 fully saturated rings. The maximum Gasteiger partial charge on any atom is 0.418 e. The number of para-hydroxylation sites is 1. The van der Waals surface area contributed by atoms with Crippen molar-refractivity contribution in [1.82, 2.24) is 0 Å². The fourth-order valence-corrected chi connectivity index (χ4v) is 2.29. The van der Waals surface area contributed by atoms with Crippen LogP contribution < -0.4 is 5.32 Å². The lowest BCUT2D eigenvalue weighted by Crippen LogP contribution is -2.17. The van der Waals surface area contributed by atoms with Gasteiger partial charge in [-0.3, -0.25) is 14.9 Å². The summed E-state index contributed by atoms with van der Waals surface area (Å²) >= 11 is 5.68. The number of nitro benzene ring substituents is 1. The van der Waals surface area contributed by atoms with E-state index in [2.05, 4.69) is 0 Å². The first-order valence-corrected chi connectivity index (χ1v) is 7.54. The highest BCUT2D eigenvalue weighted by Gasteiger charge is 2.33. The molecule has 0 radical (unpaired) electrons. The van der Waals surface area contributed by atoms with Crippen LogP contribution in [0.3, 0.4) is 0 Å². The van der Waals surface area contributed by atoms with E-state index in [1.54, 1.807) is 6.07 Å². The third-order valence-corrected chi connectivity index (χ3v) is 3.64. The zero-order valence-electron chi connectivity index (χ0n) is 13.2. The largest absolute Gasteiger partial charge is 0.418 e. The molecule has 6 nitrogen and oxygen atoms in total.